The van der Waals surface area contributed by atoms with E-state index in [9.17, 15) is 14.4 Å². The summed E-state index contributed by atoms with van der Waals surface area (Å²) in [6.07, 6.45) is 1.79. The molecule has 3 atom stereocenters. The summed E-state index contributed by atoms with van der Waals surface area (Å²) in [4.78, 5) is 40.1. The van der Waals surface area contributed by atoms with E-state index in [0.29, 0.717) is 64.8 Å². The van der Waals surface area contributed by atoms with E-state index in [1.165, 1.54) is 20.1 Å². The first-order chi connectivity index (χ1) is 23.1. The molecule has 5 rings (SSSR count). The van der Waals surface area contributed by atoms with E-state index in [2.05, 4.69) is 31.5 Å². The molecule has 0 fully saturated rings. The van der Waals surface area contributed by atoms with Gasteiger partial charge in [0, 0.05) is 18.2 Å². The monoisotopic (exact) mass is 655 g/mol. The lowest BCUT2D eigenvalue weighted by molar-refractivity contribution is -0.120. The molecule has 48 heavy (non-hydrogen) atoms. The Morgan fingerprint density at radius 2 is 1.81 bits per heavy atom. The second-order valence-corrected chi connectivity index (χ2v) is 11.8. The van der Waals surface area contributed by atoms with Crippen LogP contribution in [-0.2, 0) is 16.0 Å². The maximum Gasteiger partial charge on any atom is 0.247 e. The fourth-order valence-corrected chi connectivity index (χ4v) is 6.10. The van der Waals surface area contributed by atoms with Crippen LogP contribution in [0.1, 0.15) is 56.6 Å². The number of aryl methyl sites for hydroxylation is 2. The molecule has 0 saturated carbocycles. The van der Waals surface area contributed by atoms with Crippen LogP contribution >= 0.6 is 0 Å². The van der Waals surface area contributed by atoms with Gasteiger partial charge in [0.15, 0.2) is 17.3 Å². The third-order valence-corrected chi connectivity index (χ3v) is 8.71. The Morgan fingerprint density at radius 1 is 1.04 bits per heavy atom. The molecule has 0 aliphatic heterocycles. The Bertz CT molecular complexity index is 1890. The van der Waals surface area contributed by atoms with Gasteiger partial charge in [-0.15, -0.1) is 5.10 Å². The summed E-state index contributed by atoms with van der Waals surface area (Å²) in [6.45, 7) is 7.18. The van der Waals surface area contributed by atoms with Crippen LogP contribution in [0, 0.1) is 12.8 Å². The molecule has 0 radical (unpaired) electrons. The summed E-state index contributed by atoms with van der Waals surface area (Å²) < 4.78 is 18.8. The van der Waals surface area contributed by atoms with Crippen molar-refractivity contribution in [3.63, 3.8) is 0 Å². The number of ether oxygens (including phenoxy) is 3. The molecule has 3 unspecified atom stereocenters. The van der Waals surface area contributed by atoms with Gasteiger partial charge in [-0.3, -0.25) is 14.4 Å². The lowest BCUT2D eigenvalue weighted by Crippen LogP contribution is -2.40. The van der Waals surface area contributed by atoms with Gasteiger partial charge in [-0.25, -0.2) is 0 Å². The van der Waals surface area contributed by atoms with Crippen molar-refractivity contribution in [3.8, 4) is 34.1 Å². The van der Waals surface area contributed by atoms with E-state index >= 15 is 0 Å². The van der Waals surface area contributed by atoms with E-state index in [0.717, 1.165) is 11.1 Å². The minimum atomic E-state index is -0.749. The summed E-state index contributed by atoms with van der Waals surface area (Å²) in [5.74, 6) is 1.34. The predicted molar refractivity (Wildman–Crippen MR) is 182 cm³/mol. The third-order valence-electron chi connectivity index (χ3n) is 8.71. The minimum absolute atomic E-state index is 0.137. The van der Waals surface area contributed by atoms with Crippen LogP contribution in [0.4, 0.5) is 11.4 Å². The number of carbonyl (C=O) groups excluding carboxylic acids is 2. The molecule has 4 aromatic rings. The minimum Gasteiger partial charge on any atom is -0.493 e. The lowest BCUT2D eigenvalue weighted by atomic mass is 9.95. The quantitative estimate of drug-likeness (QED) is 0.208. The van der Waals surface area contributed by atoms with Crippen LogP contribution in [0.25, 0.3) is 16.8 Å². The van der Waals surface area contributed by atoms with Crippen LogP contribution < -0.4 is 35.6 Å². The van der Waals surface area contributed by atoms with Gasteiger partial charge in [-0.05, 0) is 89.2 Å². The summed E-state index contributed by atoms with van der Waals surface area (Å²) >= 11 is 0. The van der Waals surface area contributed by atoms with Crippen LogP contribution in [0.5, 0.6) is 17.2 Å². The standard InChI is InChI=1S/C35H41N7O6/c1-8-19(2)32(35(45)37-23-10-9-11-24(17-23)42-20(3)39-40-41-42)38-28-15-13-25-26(18-29(28)44)27(36-21(4)43)14-12-22-16-30(46-5)33(47-6)34(48-7)31(22)25/h9-11,13,15-19,27,32H,8,12,14H2,1-7H3,(H,36,43)(H,37,45)(H,38,44). The van der Waals surface area contributed by atoms with Gasteiger partial charge in [0.1, 0.15) is 6.04 Å². The number of anilines is 2. The van der Waals surface area contributed by atoms with E-state index < -0.39 is 12.1 Å². The second-order valence-electron chi connectivity index (χ2n) is 11.8. The number of nitrogens with zero attached hydrogens (tertiary/aromatic N) is 4. The fourth-order valence-electron chi connectivity index (χ4n) is 6.10. The van der Waals surface area contributed by atoms with Gasteiger partial charge >= 0.3 is 0 Å². The number of hydrogen-bond acceptors (Lipinski definition) is 10. The SMILES string of the molecule is CCC(C)C(Nc1ccc2c(cc1=O)C(NC(C)=O)CCc1cc(OC)c(OC)c(OC)c1-2)C(=O)Nc1cccc(-n2nnnc2C)c1. The van der Waals surface area contributed by atoms with Crippen LogP contribution in [-0.4, -0.2) is 59.4 Å². The van der Waals surface area contributed by atoms with Crippen molar-refractivity contribution in [1.82, 2.24) is 25.5 Å². The molecule has 13 heteroatoms. The molecule has 1 aliphatic carbocycles. The number of amides is 2. The van der Waals surface area contributed by atoms with Crippen molar-refractivity contribution in [1.29, 1.82) is 0 Å². The van der Waals surface area contributed by atoms with Gasteiger partial charge in [0.2, 0.25) is 23.0 Å². The Balaban J connectivity index is 1.57. The summed E-state index contributed by atoms with van der Waals surface area (Å²) in [6, 6.07) is 13.0. The molecule has 0 bridgehead atoms. The Labute approximate surface area is 279 Å². The predicted octanol–water partition coefficient (Wildman–Crippen LogP) is 4.61. The fraction of sp³-hybridized carbons (Fsp3) is 0.371. The van der Waals surface area contributed by atoms with Gasteiger partial charge in [0.25, 0.3) is 0 Å². The van der Waals surface area contributed by atoms with Crippen molar-refractivity contribution >= 4 is 23.2 Å². The normalized spacial score (nSPS) is 14.8. The van der Waals surface area contributed by atoms with Crippen molar-refractivity contribution in [2.24, 2.45) is 5.92 Å². The largest absolute Gasteiger partial charge is 0.493 e. The lowest BCUT2D eigenvalue weighted by Gasteiger charge is -2.24. The molecule has 0 spiro atoms. The number of fused-ring (bicyclic) bond motifs is 3. The zero-order valence-corrected chi connectivity index (χ0v) is 28.2. The summed E-state index contributed by atoms with van der Waals surface area (Å²) in [7, 11) is 4.65. The maximum atomic E-state index is 14.0. The maximum absolute atomic E-state index is 14.0. The molecule has 2 amide bonds. The highest BCUT2D eigenvalue weighted by atomic mass is 16.5. The summed E-state index contributed by atoms with van der Waals surface area (Å²) in [5.41, 5.74) is 4.16. The van der Waals surface area contributed by atoms with Gasteiger partial charge in [-0.1, -0.05) is 32.4 Å². The third kappa shape index (κ3) is 6.80. The Hall–Kier alpha value is -5.46. The molecule has 1 heterocycles. The number of hydrogen-bond donors (Lipinski definition) is 3. The Kier molecular flexibility index (Phi) is 10.3. The molecule has 1 aromatic heterocycles. The first kappa shape index (κ1) is 33.9. The zero-order chi connectivity index (χ0) is 34.5. The number of benzene rings is 2. The average Bonchev–Trinajstić information content (AvgIpc) is 3.38. The van der Waals surface area contributed by atoms with Crippen LogP contribution in [0.2, 0.25) is 0 Å². The molecule has 0 saturated heterocycles. The molecule has 3 aromatic carbocycles. The molecule has 3 N–H and O–H groups in total. The van der Waals surface area contributed by atoms with Gasteiger partial charge < -0.3 is 30.2 Å². The van der Waals surface area contributed by atoms with Gasteiger partial charge in [0.05, 0.1) is 38.7 Å². The number of tetrazole rings is 1. The first-order valence-corrected chi connectivity index (χ1v) is 15.8. The number of nitrogens with one attached hydrogen (secondary N) is 3. The van der Waals surface area contributed by atoms with Crippen LogP contribution in [0.3, 0.4) is 0 Å². The molecule has 13 nitrogen and oxygen atoms in total. The van der Waals surface area contributed by atoms with Crippen molar-refractivity contribution < 1.29 is 23.8 Å². The average molecular weight is 656 g/mol. The van der Waals surface area contributed by atoms with Crippen molar-refractivity contribution in [2.45, 2.75) is 59.0 Å². The number of aromatic nitrogens is 4. The molecular formula is C35H41N7O6. The number of methoxy groups -OCH3 is 3. The highest BCUT2D eigenvalue weighted by Crippen LogP contribution is 2.50. The summed E-state index contributed by atoms with van der Waals surface area (Å²) in [5, 5.41) is 20.9. The molecule has 1 aliphatic rings. The van der Waals surface area contributed by atoms with Crippen LogP contribution in [0.15, 0.2) is 53.3 Å². The van der Waals surface area contributed by atoms with Crippen molar-refractivity contribution in [2.75, 3.05) is 32.0 Å². The molecular weight excluding hydrogens is 614 g/mol. The number of rotatable bonds is 11. The highest BCUT2D eigenvalue weighted by Gasteiger charge is 2.30. The number of carbonyl (C=O) groups is 2. The smallest absolute Gasteiger partial charge is 0.247 e. The van der Waals surface area contributed by atoms with E-state index in [4.69, 9.17) is 14.2 Å². The van der Waals surface area contributed by atoms with Crippen molar-refractivity contribution in [3.05, 3.63) is 75.7 Å². The first-order valence-electron chi connectivity index (χ1n) is 15.8. The van der Waals surface area contributed by atoms with E-state index in [1.54, 1.807) is 50.1 Å². The zero-order valence-electron chi connectivity index (χ0n) is 28.2. The van der Waals surface area contributed by atoms with E-state index in [-0.39, 0.29) is 28.8 Å². The topological polar surface area (TPSA) is 159 Å². The Morgan fingerprint density at radius 3 is 2.46 bits per heavy atom. The molecule has 252 valence electrons. The van der Waals surface area contributed by atoms with Gasteiger partial charge in [-0.2, -0.15) is 4.68 Å². The van der Waals surface area contributed by atoms with E-state index in [1.807, 2.05) is 32.0 Å². The highest BCUT2D eigenvalue weighted by molar-refractivity contribution is 5.97. The second kappa shape index (κ2) is 14.5.